The molecule has 0 fully saturated rings. The van der Waals surface area contributed by atoms with Gasteiger partial charge in [0.1, 0.15) is 5.75 Å². The van der Waals surface area contributed by atoms with Gasteiger partial charge in [-0.05, 0) is 24.1 Å². The third-order valence-corrected chi connectivity index (χ3v) is 2.83. The molecule has 1 rings (SSSR count). The maximum atomic E-state index is 9.44. The van der Waals surface area contributed by atoms with E-state index in [1.165, 1.54) is 7.11 Å². The summed E-state index contributed by atoms with van der Waals surface area (Å²) >= 11 is 0. The lowest BCUT2D eigenvalue weighted by Gasteiger charge is -2.12. The van der Waals surface area contributed by atoms with E-state index in [1.807, 2.05) is 13.0 Å². The monoisotopic (exact) mass is 267 g/mol. The van der Waals surface area contributed by atoms with E-state index >= 15 is 0 Å². The molecule has 0 saturated heterocycles. The van der Waals surface area contributed by atoms with E-state index in [2.05, 4.69) is 10.5 Å². The molecule has 1 aromatic rings. The molecular formula is C13H21N3O3. The van der Waals surface area contributed by atoms with Crippen LogP contribution in [0.5, 0.6) is 5.75 Å². The fourth-order valence-electron chi connectivity index (χ4n) is 1.65. The lowest BCUT2D eigenvalue weighted by Crippen LogP contribution is -2.25. The number of methoxy groups -OCH3 is 1. The SMILES string of the molecule is CCC(O)CNCc1ccc(OC)c(/C(N)=N/O)c1. The summed E-state index contributed by atoms with van der Waals surface area (Å²) in [5, 5.41) is 24.3. The van der Waals surface area contributed by atoms with Gasteiger partial charge in [-0.15, -0.1) is 0 Å². The maximum Gasteiger partial charge on any atom is 0.173 e. The molecule has 6 nitrogen and oxygen atoms in total. The van der Waals surface area contributed by atoms with Gasteiger partial charge in [0.05, 0.1) is 18.8 Å². The number of ether oxygens (including phenoxy) is 1. The summed E-state index contributed by atoms with van der Waals surface area (Å²) in [5.41, 5.74) is 7.10. The molecule has 0 aromatic heterocycles. The third-order valence-electron chi connectivity index (χ3n) is 2.83. The molecule has 0 heterocycles. The Balaban J connectivity index is 2.75. The molecule has 1 atom stereocenters. The zero-order valence-corrected chi connectivity index (χ0v) is 11.3. The largest absolute Gasteiger partial charge is 0.496 e. The summed E-state index contributed by atoms with van der Waals surface area (Å²) < 4.78 is 5.15. The second kappa shape index (κ2) is 7.60. The Bertz CT molecular complexity index is 435. The number of rotatable bonds is 7. The number of aliphatic hydroxyl groups excluding tert-OH is 1. The van der Waals surface area contributed by atoms with Gasteiger partial charge in [0.25, 0.3) is 0 Å². The van der Waals surface area contributed by atoms with Crippen LogP contribution in [0.1, 0.15) is 24.5 Å². The highest BCUT2D eigenvalue weighted by atomic mass is 16.5. The normalized spacial score (nSPS) is 13.3. The van der Waals surface area contributed by atoms with Crippen molar-refractivity contribution in [2.75, 3.05) is 13.7 Å². The van der Waals surface area contributed by atoms with Crippen LogP contribution < -0.4 is 15.8 Å². The molecule has 0 aliphatic heterocycles. The van der Waals surface area contributed by atoms with Crippen molar-refractivity contribution in [3.8, 4) is 5.75 Å². The number of amidine groups is 1. The second-order valence-electron chi connectivity index (χ2n) is 4.21. The van der Waals surface area contributed by atoms with Crippen molar-refractivity contribution in [1.82, 2.24) is 5.32 Å². The van der Waals surface area contributed by atoms with Crippen molar-refractivity contribution in [1.29, 1.82) is 0 Å². The number of nitrogens with two attached hydrogens (primary N) is 1. The number of benzene rings is 1. The number of oxime groups is 1. The molecule has 0 spiro atoms. The number of hydrogen-bond acceptors (Lipinski definition) is 5. The summed E-state index contributed by atoms with van der Waals surface area (Å²) in [4.78, 5) is 0. The molecule has 0 bridgehead atoms. The van der Waals surface area contributed by atoms with Crippen LogP contribution in [0.25, 0.3) is 0 Å². The van der Waals surface area contributed by atoms with Crippen LogP contribution >= 0.6 is 0 Å². The number of nitrogens with one attached hydrogen (secondary N) is 1. The highest BCUT2D eigenvalue weighted by Crippen LogP contribution is 2.19. The summed E-state index contributed by atoms with van der Waals surface area (Å²) in [6.45, 7) is 3.05. The van der Waals surface area contributed by atoms with Crippen LogP contribution in [0.4, 0.5) is 0 Å². The van der Waals surface area contributed by atoms with E-state index in [0.29, 0.717) is 30.8 Å². The Hall–Kier alpha value is -1.79. The molecule has 0 amide bonds. The van der Waals surface area contributed by atoms with E-state index < -0.39 is 0 Å². The first-order chi connectivity index (χ1) is 9.12. The first-order valence-electron chi connectivity index (χ1n) is 6.16. The lowest BCUT2D eigenvalue weighted by atomic mass is 10.1. The Kier molecular flexibility index (Phi) is 6.11. The quantitative estimate of drug-likeness (QED) is 0.251. The zero-order valence-electron chi connectivity index (χ0n) is 11.3. The number of aliphatic hydroxyl groups is 1. The molecule has 0 aliphatic carbocycles. The zero-order chi connectivity index (χ0) is 14.3. The van der Waals surface area contributed by atoms with E-state index in [1.54, 1.807) is 12.1 Å². The van der Waals surface area contributed by atoms with E-state index in [0.717, 1.165) is 5.56 Å². The number of nitrogens with zero attached hydrogens (tertiary/aromatic N) is 1. The Morgan fingerprint density at radius 3 is 2.84 bits per heavy atom. The summed E-state index contributed by atoms with van der Waals surface area (Å²) in [5.74, 6) is 0.555. The number of hydrogen-bond donors (Lipinski definition) is 4. The summed E-state index contributed by atoms with van der Waals surface area (Å²) in [6.07, 6.45) is 0.368. The van der Waals surface area contributed by atoms with Crippen LogP contribution in [0.3, 0.4) is 0 Å². The van der Waals surface area contributed by atoms with Gasteiger partial charge in [0.2, 0.25) is 0 Å². The van der Waals surface area contributed by atoms with Crippen LogP contribution in [-0.2, 0) is 6.54 Å². The maximum absolute atomic E-state index is 9.44. The van der Waals surface area contributed by atoms with E-state index in [4.69, 9.17) is 15.7 Å². The predicted octanol–water partition coefficient (Wildman–Crippen LogP) is 0.650. The Morgan fingerprint density at radius 1 is 1.53 bits per heavy atom. The third kappa shape index (κ3) is 4.42. The predicted molar refractivity (Wildman–Crippen MR) is 73.5 cm³/mol. The molecule has 1 unspecified atom stereocenters. The highest BCUT2D eigenvalue weighted by molar-refractivity contribution is 5.99. The van der Waals surface area contributed by atoms with Gasteiger partial charge >= 0.3 is 0 Å². The molecule has 0 aliphatic rings. The topological polar surface area (TPSA) is 100 Å². The van der Waals surface area contributed by atoms with Gasteiger partial charge in [-0.2, -0.15) is 0 Å². The van der Waals surface area contributed by atoms with Gasteiger partial charge in [-0.3, -0.25) is 0 Å². The lowest BCUT2D eigenvalue weighted by molar-refractivity contribution is 0.167. The molecule has 0 radical (unpaired) electrons. The van der Waals surface area contributed by atoms with Crippen molar-refractivity contribution in [2.24, 2.45) is 10.9 Å². The Morgan fingerprint density at radius 2 is 2.26 bits per heavy atom. The second-order valence-corrected chi connectivity index (χ2v) is 4.21. The van der Waals surface area contributed by atoms with E-state index in [-0.39, 0.29) is 11.9 Å². The van der Waals surface area contributed by atoms with Crippen molar-refractivity contribution in [3.05, 3.63) is 29.3 Å². The minimum atomic E-state index is -0.346. The Labute approximate surface area is 112 Å². The fraction of sp³-hybridized carbons (Fsp3) is 0.462. The average Bonchev–Trinajstić information content (AvgIpc) is 2.45. The first kappa shape index (κ1) is 15.3. The molecule has 106 valence electrons. The fourth-order valence-corrected chi connectivity index (χ4v) is 1.65. The molecule has 0 saturated carbocycles. The molecule has 6 heteroatoms. The van der Waals surface area contributed by atoms with Crippen molar-refractivity contribution in [3.63, 3.8) is 0 Å². The van der Waals surface area contributed by atoms with Gasteiger partial charge in [0.15, 0.2) is 5.84 Å². The average molecular weight is 267 g/mol. The van der Waals surface area contributed by atoms with Gasteiger partial charge in [-0.1, -0.05) is 18.1 Å². The molecule has 5 N–H and O–H groups in total. The highest BCUT2D eigenvalue weighted by Gasteiger charge is 2.09. The summed E-state index contributed by atoms with van der Waals surface area (Å²) in [7, 11) is 1.53. The first-order valence-corrected chi connectivity index (χ1v) is 6.16. The van der Waals surface area contributed by atoms with Gasteiger partial charge in [-0.25, -0.2) is 0 Å². The smallest absolute Gasteiger partial charge is 0.173 e. The minimum absolute atomic E-state index is 0.00675. The van der Waals surface area contributed by atoms with Crippen LogP contribution in [0.2, 0.25) is 0 Å². The van der Waals surface area contributed by atoms with Crippen LogP contribution in [0, 0.1) is 0 Å². The molecule has 1 aromatic carbocycles. The molecular weight excluding hydrogens is 246 g/mol. The summed E-state index contributed by atoms with van der Waals surface area (Å²) in [6, 6.07) is 5.44. The van der Waals surface area contributed by atoms with Crippen molar-refractivity contribution in [2.45, 2.75) is 26.0 Å². The van der Waals surface area contributed by atoms with E-state index in [9.17, 15) is 5.11 Å². The standard InChI is InChI=1S/C13H21N3O3/c1-3-10(17)8-15-7-9-4-5-12(19-2)11(6-9)13(14)16-18/h4-6,10,15,17-18H,3,7-8H2,1-2H3,(H2,14,16). The minimum Gasteiger partial charge on any atom is -0.496 e. The van der Waals surface area contributed by atoms with Crippen molar-refractivity contribution >= 4 is 5.84 Å². The van der Waals surface area contributed by atoms with Gasteiger partial charge < -0.3 is 26.1 Å². The van der Waals surface area contributed by atoms with Crippen LogP contribution in [-0.4, -0.2) is 35.9 Å². The van der Waals surface area contributed by atoms with Crippen LogP contribution in [0.15, 0.2) is 23.4 Å². The molecule has 19 heavy (non-hydrogen) atoms. The van der Waals surface area contributed by atoms with Gasteiger partial charge in [0, 0.05) is 13.1 Å². The van der Waals surface area contributed by atoms with Crippen molar-refractivity contribution < 1.29 is 15.1 Å².